The monoisotopic (exact) mass is 982 g/mol. The van der Waals surface area contributed by atoms with Crippen LogP contribution in [0, 0.1) is 0 Å². The lowest BCUT2D eigenvalue weighted by Gasteiger charge is -2.28. The number of quaternary nitrogens is 1. The molecule has 0 N–H and O–H groups in total. The number of rotatable bonds is 54. The van der Waals surface area contributed by atoms with Gasteiger partial charge in [0.25, 0.3) is 7.82 Å². The van der Waals surface area contributed by atoms with Crippen molar-refractivity contribution in [3.8, 4) is 0 Å². The van der Waals surface area contributed by atoms with Gasteiger partial charge in [0.2, 0.25) is 0 Å². The first-order chi connectivity index (χ1) is 33.0. The molecule has 0 aliphatic rings. The molecule has 2 atom stereocenters. The van der Waals surface area contributed by atoms with Crippen LogP contribution in [0.25, 0.3) is 0 Å². The molecule has 0 fully saturated rings. The van der Waals surface area contributed by atoms with Gasteiger partial charge in [-0.1, -0.05) is 250 Å². The van der Waals surface area contributed by atoms with Crippen molar-refractivity contribution >= 4 is 19.8 Å². The number of hydrogen-bond donors (Lipinski definition) is 0. The van der Waals surface area contributed by atoms with Gasteiger partial charge in [-0.2, -0.15) is 0 Å². The number of ether oxygens (including phenoxy) is 2. The van der Waals surface area contributed by atoms with E-state index in [1.165, 1.54) is 205 Å². The van der Waals surface area contributed by atoms with Crippen LogP contribution in [0.1, 0.15) is 284 Å². The summed E-state index contributed by atoms with van der Waals surface area (Å²) >= 11 is 0. The highest BCUT2D eigenvalue weighted by molar-refractivity contribution is 7.45. The van der Waals surface area contributed by atoms with E-state index in [0.717, 1.165) is 38.5 Å². The van der Waals surface area contributed by atoms with Gasteiger partial charge in [0, 0.05) is 12.8 Å². The molecule has 0 aromatic carbocycles. The Morgan fingerprint density at radius 3 is 1.18 bits per heavy atom. The van der Waals surface area contributed by atoms with Crippen LogP contribution in [0.15, 0.2) is 24.3 Å². The summed E-state index contributed by atoms with van der Waals surface area (Å²) in [4.78, 5) is 37.8. The predicted octanol–water partition coefficient (Wildman–Crippen LogP) is 17.2. The van der Waals surface area contributed by atoms with E-state index < -0.39 is 32.5 Å². The first-order valence-corrected chi connectivity index (χ1v) is 30.5. The van der Waals surface area contributed by atoms with Crippen molar-refractivity contribution in [3.05, 3.63) is 24.3 Å². The van der Waals surface area contributed by atoms with Gasteiger partial charge in [0.1, 0.15) is 19.8 Å². The Kier molecular flexibility index (Phi) is 49.3. The molecule has 0 saturated carbocycles. The standard InChI is InChI=1S/C58H112NO8P/c1-6-8-10-12-14-16-18-20-22-24-26-28-29-31-32-34-36-38-40-42-44-46-48-50-57(60)64-54-56(55-66-68(62,63)65-53-52-59(3,4)5)67-58(61)51-49-47-45-43-41-39-37-35-33-30-27-25-23-21-19-17-15-13-11-9-7-2/h34,36,42,44,56H,6-33,35,37-41,43,45-55H2,1-5H3/b36-34+,44-42+/t56-/m1/s1. The number of unbranched alkanes of at least 4 members (excludes halogenated alkanes) is 36. The van der Waals surface area contributed by atoms with Gasteiger partial charge in [-0.25, -0.2) is 0 Å². The zero-order valence-electron chi connectivity index (χ0n) is 45.6. The molecule has 9 nitrogen and oxygen atoms in total. The van der Waals surface area contributed by atoms with Crippen molar-refractivity contribution in [2.24, 2.45) is 0 Å². The lowest BCUT2D eigenvalue weighted by atomic mass is 10.0. The number of allylic oxidation sites excluding steroid dienone is 4. The number of hydrogen-bond acceptors (Lipinski definition) is 8. The Labute approximate surface area is 421 Å². The second-order valence-corrected chi connectivity index (χ2v) is 22.4. The van der Waals surface area contributed by atoms with E-state index in [0.29, 0.717) is 23.9 Å². The third kappa shape index (κ3) is 53.8. The summed E-state index contributed by atoms with van der Waals surface area (Å²) in [5.74, 6) is -0.867. The maximum Gasteiger partial charge on any atom is 0.306 e. The van der Waals surface area contributed by atoms with Gasteiger partial charge in [-0.3, -0.25) is 14.2 Å². The molecular formula is C58H112NO8P. The number of nitrogens with zero attached hydrogens (tertiary/aromatic N) is 1. The normalized spacial score (nSPS) is 13.4. The fourth-order valence-electron chi connectivity index (χ4n) is 8.44. The third-order valence-corrected chi connectivity index (χ3v) is 13.9. The van der Waals surface area contributed by atoms with E-state index in [4.69, 9.17) is 18.5 Å². The summed E-state index contributed by atoms with van der Waals surface area (Å²) in [6, 6.07) is 0. The van der Waals surface area contributed by atoms with Crippen LogP contribution in [0.4, 0.5) is 0 Å². The van der Waals surface area contributed by atoms with Crippen LogP contribution in [-0.2, 0) is 32.7 Å². The van der Waals surface area contributed by atoms with Crippen molar-refractivity contribution in [2.75, 3.05) is 47.5 Å². The maximum absolute atomic E-state index is 12.8. The van der Waals surface area contributed by atoms with Crippen LogP contribution in [0.2, 0.25) is 0 Å². The molecule has 0 rings (SSSR count). The highest BCUT2D eigenvalue weighted by Crippen LogP contribution is 2.38. The van der Waals surface area contributed by atoms with Gasteiger partial charge in [-0.05, 0) is 44.9 Å². The van der Waals surface area contributed by atoms with Gasteiger partial charge in [-0.15, -0.1) is 0 Å². The van der Waals surface area contributed by atoms with Crippen molar-refractivity contribution in [2.45, 2.75) is 290 Å². The van der Waals surface area contributed by atoms with Crippen molar-refractivity contribution < 1.29 is 42.1 Å². The number of likely N-dealkylation sites (N-methyl/N-ethyl adjacent to an activating group) is 1. The van der Waals surface area contributed by atoms with E-state index in [-0.39, 0.29) is 26.1 Å². The number of carbonyl (C=O) groups excluding carboxylic acids is 2. The van der Waals surface area contributed by atoms with Gasteiger partial charge in [0.15, 0.2) is 6.10 Å². The molecule has 0 spiro atoms. The van der Waals surface area contributed by atoms with Gasteiger partial charge >= 0.3 is 11.9 Å². The van der Waals surface area contributed by atoms with Crippen molar-refractivity contribution in [3.63, 3.8) is 0 Å². The topological polar surface area (TPSA) is 111 Å². The molecule has 0 heterocycles. The minimum absolute atomic E-state index is 0.0338. The SMILES string of the molecule is CCCCCCCCCCCCCCCC/C=C/CC/C=C/CCCC(=O)OC[C@H](COP(=O)([O-])OCC[N+](C)(C)C)OC(=O)CCCCCCCCCCCCCCCCCCCCCCC. The lowest BCUT2D eigenvalue weighted by molar-refractivity contribution is -0.870. The minimum atomic E-state index is -4.64. The number of esters is 2. The summed E-state index contributed by atoms with van der Waals surface area (Å²) in [5.41, 5.74) is 0. The molecule has 0 radical (unpaired) electrons. The smallest absolute Gasteiger partial charge is 0.306 e. The fraction of sp³-hybridized carbons (Fsp3) is 0.897. The summed E-state index contributed by atoms with van der Waals surface area (Å²) in [5, 5.41) is 0. The van der Waals surface area contributed by atoms with E-state index in [1.807, 2.05) is 21.1 Å². The Balaban J connectivity index is 4.19. The molecular weight excluding hydrogens is 870 g/mol. The van der Waals surface area contributed by atoms with E-state index in [2.05, 4.69) is 38.2 Å². The largest absolute Gasteiger partial charge is 0.756 e. The van der Waals surface area contributed by atoms with Gasteiger partial charge in [0.05, 0.1) is 27.7 Å². The van der Waals surface area contributed by atoms with Crippen LogP contribution >= 0.6 is 7.82 Å². The average molecular weight is 983 g/mol. The number of carbonyl (C=O) groups is 2. The molecule has 10 heteroatoms. The fourth-order valence-corrected chi connectivity index (χ4v) is 9.17. The van der Waals surface area contributed by atoms with Crippen molar-refractivity contribution in [1.29, 1.82) is 0 Å². The molecule has 0 saturated heterocycles. The molecule has 0 aromatic heterocycles. The quantitative estimate of drug-likeness (QED) is 0.0195. The van der Waals surface area contributed by atoms with E-state index in [1.54, 1.807) is 0 Å². The molecule has 402 valence electrons. The minimum Gasteiger partial charge on any atom is -0.756 e. The Morgan fingerprint density at radius 2 is 0.779 bits per heavy atom. The Morgan fingerprint density at radius 1 is 0.441 bits per heavy atom. The molecule has 0 aromatic rings. The number of phosphoric ester groups is 1. The average Bonchev–Trinajstić information content (AvgIpc) is 3.30. The van der Waals surface area contributed by atoms with E-state index in [9.17, 15) is 19.0 Å². The van der Waals surface area contributed by atoms with Crippen molar-refractivity contribution in [1.82, 2.24) is 0 Å². The molecule has 0 amide bonds. The van der Waals surface area contributed by atoms with Crippen LogP contribution < -0.4 is 4.89 Å². The number of phosphoric acid groups is 1. The van der Waals surface area contributed by atoms with Crippen LogP contribution in [-0.4, -0.2) is 70.0 Å². The first kappa shape index (κ1) is 66.5. The van der Waals surface area contributed by atoms with E-state index >= 15 is 0 Å². The zero-order valence-corrected chi connectivity index (χ0v) is 46.5. The van der Waals surface area contributed by atoms with Gasteiger partial charge < -0.3 is 27.9 Å². The van der Waals surface area contributed by atoms with Crippen LogP contribution in [0.3, 0.4) is 0 Å². The molecule has 1 unspecified atom stereocenters. The summed E-state index contributed by atoms with van der Waals surface area (Å²) in [6.45, 7) is 4.25. The first-order valence-electron chi connectivity index (χ1n) is 29.0. The molecule has 0 aliphatic heterocycles. The second-order valence-electron chi connectivity index (χ2n) is 21.0. The van der Waals surface area contributed by atoms with Crippen LogP contribution in [0.5, 0.6) is 0 Å². The molecule has 68 heavy (non-hydrogen) atoms. The third-order valence-electron chi connectivity index (χ3n) is 13.0. The predicted molar refractivity (Wildman–Crippen MR) is 287 cm³/mol. The molecule has 0 aliphatic carbocycles. The highest BCUT2D eigenvalue weighted by atomic mass is 31.2. The zero-order chi connectivity index (χ0) is 49.9. The maximum atomic E-state index is 12.8. The summed E-state index contributed by atoms with van der Waals surface area (Å²) < 4.78 is 34.1. The summed E-state index contributed by atoms with van der Waals surface area (Å²) in [6.07, 6.45) is 59.5. The second kappa shape index (κ2) is 50.4. The lowest BCUT2D eigenvalue weighted by Crippen LogP contribution is -2.37. The summed E-state index contributed by atoms with van der Waals surface area (Å²) in [7, 11) is 1.16. The Bertz CT molecular complexity index is 1200. The molecule has 0 bridgehead atoms. The Hall–Kier alpha value is -1.51. The highest BCUT2D eigenvalue weighted by Gasteiger charge is 2.21.